The van der Waals surface area contributed by atoms with Crippen molar-refractivity contribution >= 4 is 29.1 Å². The molecule has 1 heterocycles. The van der Waals surface area contributed by atoms with Crippen LogP contribution in [0.15, 0.2) is 36.5 Å². The number of carbonyl (C=O) groups excluding carboxylic acids is 1. The number of hydrogen-bond donors (Lipinski definition) is 2. The lowest BCUT2D eigenvalue weighted by Gasteiger charge is -2.34. The summed E-state index contributed by atoms with van der Waals surface area (Å²) < 4.78 is 39.2. The van der Waals surface area contributed by atoms with E-state index in [1.165, 1.54) is 0 Å². The van der Waals surface area contributed by atoms with Crippen LogP contribution in [0.1, 0.15) is 53.3 Å². The number of alkyl halides is 3. The van der Waals surface area contributed by atoms with E-state index in [0.717, 1.165) is 19.0 Å². The molecule has 1 aliphatic rings. The van der Waals surface area contributed by atoms with Crippen molar-refractivity contribution in [3.8, 4) is 0 Å². The first-order valence-electron chi connectivity index (χ1n) is 8.62. The molecule has 3 rings (SSSR count). The number of aromatic nitrogens is 1. The molecule has 0 saturated heterocycles. The van der Waals surface area contributed by atoms with Gasteiger partial charge in [0.05, 0.1) is 22.2 Å². The van der Waals surface area contributed by atoms with E-state index in [9.17, 15) is 23.1 Å². The van der Waals surface area contributed by atoms with Crippen LogP contribution in [0.3, 0.4) is 0 Å². The quantitative estimate of drug-likeness (QED) is 0.699. The van der Waals surface area contributed by atoms with Gasteiger partial charge in [-0.25, -0.2) is 4.98 Å². The van der Waals surface area contributed by atoms with Gasteiger partial charge in [-0.3, -0.25) is 4.79 Å². The number of rotatable bonds is 4. The third-order valence-corrected chi connectivity index (χ3v) is 5.49. The highest BCUT2D eigenvalue weighted by Gasteiger charge is 2.42. The fraction of sp³-hybridized carbons (Fsp3) is 0.368. The maximum atomic E-state index is 13.1. The Morgan fingerprint density at radius 1 is 1.21 bits per heavy atom. The zero-order valence-electron chi connectivity index (χ0n) is 14.6. The maximum Gasteiger partial charge on any atom is 0.417 e. The zero-order valence-corrected chi connectivity index (χ0v) is 16.1. The fourth-order valence-corrected chi connectivity index (χ4v) is 4.01. The number of amides is 1. The monoisotopic (exact) mass is 432 g/mol. The average molecular weight is 433 g/mol. The molecule has 1 aromatic heterocycles. The fourth-order valence-electron chi connectivity index (χ4n) is 3.51. The molecule has 1 amide bonds. The second-order valence-corrected chi connectivity index (χ2v) is 7.61. The van der Waals surface area contributed by atoms with Crippen molar-refractivity contribution in [2.45, 2.75) is 43.5 Å². The first-order valence-corrected chi connectivity index (χ1v) is 9.38. The second kappa shape index (κ2) is 7.89. The molecule has 0 aliphatic heterocycles. The van der Waals surface area contributed by atoms with Gasteiger partial charge < -0.3 is 10.4 Å². The van der Waals surface area contributed by atoms with Gasteiger partial charge in [-0.2, -0.15) is 13.2 Å². The number of pyridine rings is 1. The summed E-state index contributed by atoms with van der Waals surface area (Å²) in [6, 6.07) is 6.45. The Balaban J connectivity index is 1.97. The van der Waals surface area contributed by atoms with E-state index in [4.69, 9.17) is 23.2 Å². The first kappa shape index (κ1) is 20.9. The normalized spacial score (nSPS) is 17.4. The van der Waals surface area contributed by atoms with Gasteiger partial charge in [0.1, 0.15) is 5.69 Å². The van der Waals surface area contributed by atoms with Crippen LogP contribution in [0.2, 0.25) is 10.0 Å². The third kappa shape index (κ3) is 4.26. The lowest BCUT2D eigenvalue weighted by atomic mass is 9.87. The Kier molecular flexibility index (Phi) is 5.89. The van der Waals surface area contributed by atoms with Crippen LogP contribution >= 0.6 is 23.2 Å². The molecule has 150 valence electrons. The molecule has 2 aromatic rings. The number of carbonyl (C=O) groups is 1. The number of aliphatic hydroxyl groups is 1. The topological polar surface area (TPSA) is 62.2 Å². The minimum absolute atomic E-state index is 0.411. The Morgan fingerprint density at radius 2 is 1.89 bits per heavy atom. The standard InChI is InChI=1S/C19H17Cl2F3N2O2/c20-12-5-3-4-11(10-12)16(18(28)7-1-2-8-18)26-17(27)15-14(21)13(6-9-25-15)19(22,23)24/h3-6,9-10,16,28H,1-2,7-8H2,(H,26,27). The van der Waals surface area contributed by atoms with Crippen LogP contribution in [0.4, 0.5) is 13.2 Å². The van der Waals surface area contributed by atoms with E-state index in [1.54, 1.807) is 24.3 Å². The van der Waals surface area contributed by atoms with Gasteiger partial charge in [-0.1, -0.05) is 48.2 Å². The molecule has 0 spiro atoms. The van der Waals surface area contributed by atoms with Crippen LogP contribution in [0, 0.1) is 0 Å². The van der Waals surface area contributed by atoms with Crippen molar-refractivity contribution in [1.29, 1.82) is 0 Å². The summed E-state index contributed by atoms with van der Waals surface area (Å²) in [5.41, 5.74) is -2.39. The largest absolute Gasteiger partial charge is 0.417 e. The lowest BCUT2D eigenvalue weighted by Crippen LogP contribution is -2.44. The zero-order chi connectivity index (χ0) is 20.5. The average Bonchev–Trinajstić information content (AvgIpc) is 3.06. The molecule has 1 aliphatic carbocycles. The van der Waals surface area contributed by atoms with Crippen molar-refractivity contribution < 1.29 is 23.1 Å². The van der Waals surface area contributed by atoms with Crippen molar-refractivity contribution in [3.63, 3.8) is 0 Å². The van der Waals surface area contributed by atoms with Crippen molar-refractivity contribution in [2.24, 2.45) is 0 Å². The molecule has 1 saturated carbocycles. The van der Waals surface area contributed by atoms with Crippen molar-refractivity contribution in [1.82, 2.24) is 10.3 Å². The number of hydrogen-bond acceptors (Lipinski definition) is 3. The Bertz CT molecular complexity index is 884. The summed E-state index contributed by atoms with van der Waals surface area (Å²) >= 11 is 11.8. The van der Waals surface area contributed by atoms with E-state index in [0.29, 0.717) is 29.5 Å². The molecule has 28 heavy (non-hydrogen) atoms. The number of halogens is 5. The van der Waals surface area contributed by atoms with Gasteiger partial charge in [0.15, 0.2) is 0 Å². The Morgan fingerprint density at radius 3 is 2.50 bits per heavy atom. The van der Waals surface area contributed by atoms with Gasteiger partial charge in [0.2, 0.25) is 0 Å². The predicted octanol–water partition coefficient (Wildman–Crippen LogP) is 5.18. The van der Waals surface area contributed by atoms with Crippen LogP contribution in [0.25, 0.3) is 0 Å². The van der Waals surface area contributed by atoms with Crippen molar-refractivity contribution in [3.05, 3.63) is 63.4 Å². The first-order chi connectivity index (χ1) is 13.1. The van der Waals surface area contributed by atoms with E-state index in [-0.39, 0.29) is 0 Å². The molecule has 0 radical (unpaired) electrons. The molecule has 1 atom stereocenters. The van der Waals surface area contributed by atoms with Crippen LogP contribution in [-0.2, 0) is 6.18 Å². The second-order valence-electron chi connectivity index (χ2n) is 6.79. The van der Waals surface area contributed by atoms with Gasteiger partial charge in [0, 0.05) is 11.2 Å². The predicted molar refractivity (Wildman–Crippen MR) is 99.3 cm³/mol. The van der Waals surface area contributed by atoms with Crippen LogP contribution < -0.4 is 5.32 Å². The highest BCUT2D eigenvalue weighted by atomic mass is 35.5. The van der Waals surface area contributed by atoms with Gasteiger partial charge in [-0.15, -0.1) is 0 Å². The summed E-state index contributed by atoms with van der Waals surface area (Å²) in [5.74, 6) is -0.901. The molecular weight excluding hydrogens is 416 g/mol. The van der Waals surface area contributed by atoms with Crippen LogP contribution in [0.5, 0.6) is 0 Å². The van der Waals surface area contributed by atoms with Gasteiger partial charge in [-0.05, 0) is 36.6 Å². The van der Waals surface area contributed by atoms with E-state index >= 15 is 0 Å². The molecule has 0 bridgehead atoms. The molecule has 9 heteroatoms. The molecule has 2 N–H and O–H groups in total. The summed E-state index contributed by atoms with van der Waals surface area (Å²) in [5, 5.41) is 13.3. The summed E-state index contributed by atoms with van der Waals surface area (Å²) in [4.78, 5) is 16.5. The van der Waals surface area contributed by atoms with E-state index in [1.807, 2.05) is 0 Å². The number of nitrogens with one attached hydrogen (secondary N) is 1. The number of benzene rings is 1. The molecule has 1 fully saturated rings. The summed E-state index contributed by atoms with van der Waals surface area (Å²) in [7, 11) is 0. The summed E-state index contributed by atoms with van der Waals surface area (Å²) in [6.45, 7) is 0. The smallest absolute Gasteiger partial charge is 0.387 e. The molecule has 1 unspecified atom stereocenters. The van der Waals surface area contributed by atoms with Gasteiger partial charge >= 0.3 is 6.18 Å². The highest BCUT2D eigenvalue weighted by molar-refractivity contribution is 6.34. The molecular formula is C19H17Cl2F3N2O2. The molecule has 1 aromatic carbocycles. The van der Waals surface area contributed by atoms with E-state index < -0.39 is 40.0 Å². The SMILES string of the molecule is O=C(NC(c1cccc(Cl)c1)C1(O)CCCC1)c1nccc(C(F)(F)F)c1Cl. The highest BCUT2D eigenvalue weighted by Crippen LogP contribution is 2.41. The number of nitrogens with zero attached hydrogens (tertiary/aromatic N) is 1. The minimum Gasteiger partial charge on any atom is -0.387 e. The van der Waals surface area contributed by atoms with Crippen molar-refractivity contribution in [2.75, 3.05) is 0 Å². The Hall–Kier alpha value is -1.83. The minimum atomic E-state index is -4.72. The van der Waals surface area contributed by atoms with E-state index in [2.05, 4.69) is 10.3 Å². The van der Waals surface area contributed by atoms with Crippen LogP contribution in [-0.4, -0.2) is 21.6 Å². The summed E-state index contributed by atoms with van der Waals surface area (Å²) in [6.07, 6.45) is -1.42. The molecule has 4 nitrogen and oxygen atoms in total. The Labute approximate surface area is 169 Å². The lowest BCUT2D eigenvalue weighted by molar-refractivity contribution is -0.137. The maximum absolute atomic E-state index is 13.1. The van der Waals surface area contributed by atoms with Gasteiger partial charge in [0.25, 0.3) is 5.91 Å². The third-order valence-electron chi connectivity index (χ3n) is 4.87.